The van der Waals surface area contributed by atoms with E-state index in [1.165, 1.54) is 6.42 Å². The first kappa shape index (κ1) is 28.7. The Morgan fingerprint density at radius 2 is 1.59 bits per heavy atom. The van der Waals surface area contributed by atoms with Gasteiger partial charge in [-0.15, -0.1) is 0 Å². The van der Waals surface area contributed by atoms with Crippen molar-refractivity contribution in [1.29, 1.82) is 0 Å². The van der Waals surface area contributed by atoms with E-state index >= 15 is 0 Å². The van der Waals surface area contributed by atoms with Gasteiger partial charge in [0, 0.05) is 24.0 Å². The Morgan fingerprint density at radius 3 is 2.26 bits per heavy atom. The van der Waals surface area contributed by atoms with E-state index in [9.17, 15) is 9.59 Å². The Hall–Kier alpha value is -3.31. The van der Waals surface area contributed by atoms with Gasteiger partial charge in [-0.2, -0.15) is 0 Å². The summed E-state index contributed by atoms with van der Waals surface area (Å²) in [7, 11) is 0. The molecular formula is C33H39ClN2O3. The molecular weight excluding hydrogens is 508 g/mol. The Kier molecular flexibility index (Phi) is 10.0. The van der Waals surface area contributed by atoms with Gasteiger partial charge in [0.1, 0.15) is 11.8 Å². The summed E-state index contributed by atoms with van der Waals surface area (Å²) in [5.41, 5.74) is 4.88. The van der Waals surface area contributed by atoms with Crippen molar-refractivity contribution in [1.82, 2.24) is 10.2 Å². The lowest BCUT2D eigenvalue weighted by Crippen LogP contribution is -2.53. The quantitative estimate of drug-likeness (QED) is 0.306. The fourth-order valence-electron chi connectivity index (χ4n) is 5.32. The molecule has 0 saturated heterocycles. The molecule has 206 valence electrons. The molecule has 2 amide bonds. The standard InChI is InChI=1S/C33H39ClN2O3/c1-23-11-10-14-27(17-23)21-36(31(37)22-39-29-18-24(2)32(34)25(3)19-29)30(20-26-12-6-4-7-13-26)33(38)35-28-15-8-5-9-16-28/h4,6-7,10-14,17-19,28,30H,5,8-9,15-16,20-22H2,1-3H3,(H,35,38)/t30-/m0/s1. The van der Waals surface area contributed by atoms with E-state index < -0.39 is 6.04 Å². The molecule has 39 heavy (non-hydrogen) atoms. The average Bonchev–Trinajstić information content (AvgIpc) is 2.93. The maximum Gasteiger partial charge on any atom is 0.261 e. The smallest absolute Gasteiger partial charge is 0.261 e. The fraction of sp³-hybridized carbons (Fsp3) is 0.394. The molecule has 0 aliphatic heterocycles. The lowest BCUT2D eigenvalue weighted by atomic mass is 9.94. The van der Waals surface area contributed by atoms with Gasteiger partial charge in [-0.25, -0.2) is 0 Å². The molecule has 1 saturated carbocycles. The highest BCUT2D eigenvalue weighted by Crippen LogP contribution is 2.26. The molecule has 3 aromatic rings. The van der Waals surface area contributed by atoms with Gasteiger partial charge in [-0.05, 0) is 68.0 Å². The largest absolute Gasteiger partial charge is 0.484 e. The summed E-state index contributed by atoms with van der Waals surface area (Å²) in [6, 6.07) is 21.1. The first-order chi connectivity index (χ1) is 18.8. The second-order valence-electron chi connectivity index (χ2n) is 10.7. The minimum atomic E-state index is -0.667. The van der Waals surface area contributed by atoms with E-state index in [-0.39, 0.29) is 24.5 Å². The topological polar surface area (TPSA) is 58.6 Å². The van der Waals surface area contributed by atoms with Crippen molar-refractivity contribution in [3.05, 3.63) is 99.6 Å². The zero-order chi connectivity index (χ0) is 27.8. The van der Waals surface area contributed by atoms with Crippen molar-refractivity contribution in [2.24, 2.45) is 0 Å². The van der Waals surface area contributed by atoms with Gasteiger partial charge in [0.25, 0.3) is 5.91 Å². The molecule has 6 heteroatoms. The number of nitrogens with one attached hydrogen (secondary N) is 1. The molecule has 0 bridgehead atoms. The van der Waals surface area contributed by atoms with Crippen molar-refractivity contribution in [2.45, 2.75) is 77.9 Å². The van der Waals surface area contributed by atoms with Crippen molar-refractivity contribution in [2.75, 3.05) is 6.61 Å². The summed E-state index contributed by atoms with van der Waals surface area (Å²) in [4.78, 5) is 29.4. The number of halogens is 1. The second kappa shape index (κ2) is 13.7. The molecule has 0 spiro atoms. The summed E-state index contributed by atoms with van der Waals surface area (Å²) in [5.74, 6) is 0.246. The average molecular weight is 547 g/mol. The van der Waals surface area contributed by atoms with E-state index in [2.05, 4.69) is 11.4 Å². The normalized spacial score (nSPS) is 14.5. The highest BCUT2D eigenvalue weighted by molar-refractivity contribution is 6.32. The van der Waals surface area contributed by atoms with Crippen LogP contribution in [0, 0.1) is 20.8 Å². The molecule has 3 aromatic carbocycles. The molecule has 1 aliphatic carbocycles. The minimum absolute atomic E-state index is 0.107. The number of carbonyl (C=O) groups excluding carboxylic acids is 2. The van der Waals surface area contributed by atoms with Crippen LogP contribution in [0.5, 0.6) is 5.75 Å². The number of carbonyl (C=O) groups is 2. The van der Waals surface area contributed by atoms with Gasteiger partial charge < -0.3 is 15.0 Å². The number of hydrogen-bond acceptors (Lipinski definition) is 3. The Balaban J connectivity index is 1.62. The van der Waals surface area contributed by atoms with E-state index in [1.54, 1.807) is 4.90 Å². The predicted octanol–water partition coefficient (Wildman–Crippen LogP) is 6.73. The van der Waals surface area contributed by atoms with E-state index in [0.717, 1.165) is 53.5 Å². The number of hydrogen-bond donors (Lipinski definition) is 1. The third-order valence-corrected chi connectivity index (χ3v) is 8.03. The van der Waals surface area contributed by atoms with Gasteiger partial charge in [-0.1, -0.05) is 91.0 Å². The molecule has 1 N–H and O–H groups in total. The molecule has 5 nitrogen and oxygen atoms in total. The van der Waals surface area contributed by atoms with Crippen LogP contribution in [0.4, 0.5) is 0 Å². The summed E-state index contributed by atoms with van der Waals surface area (Å²) < 4.78 is 5.98. The van der Waals surface area contributed by atoms with Gasteiger partial charge in [0.05, 0.1) is 0 Å². The predicted molar refractivity (Wildman–Crippen MR) is 157 cm³/mol. The van der Waals surface area contributed by atoms with Crippen LogP contribution in [0.25, 0.3) is 0 Å². The van der Waals surface area contributed by atoms with E-state index in [1.807, 2.05) is 81.4 Å². The summed E-state index contributed by atoms with van der Waals surface area (Å²) >= 11 is 6.32. The molecule has 0 unspecified atom stereocenters. The summed E-state index contributed by atoms with van der Waals surface area (Å²) in [6.07, 6.45) is 5.83. The zero-order valence-electron chi connectivity index (χ0n) is 23.2. The highest BCUT2D eigenvalue weighted by Gasteiger charge is 2.32. The van der Waals surface area contributed by atoms with Crippen LogP contribution >= 0.6 is 11.6 Å². The van der Waals surface area contributed by atoms with Crippen LogP contribution in [0.3, 0.4) is 0 Å². The van der Waals surface area contributed by atoms with Gasteiger partial charge in [-0.3, -0.25) is 9.59 Å². The zero-order valence-corrected chi connectivity index (χ0v) is 24.0. The first-order valence-electron chi connectivity index (χ1n) is 13.9. The first-order valence-corrected chi connectivity index (χ1v) is 14.3. The number of nitrogens with zero attached hydrogens (tertiary/aromatic N) is 1. The van der Waals surface area contributed by atoms with Crippen LogP contribution in [-0.2, 0) is 22.6 Å². The van der Waals surface area contributed by atoms with Crippen LogP contribution in [0.1, 0.15) is 59.9 Å². The van der Waals surface area contributed by atoms with Crippen LogP contribution in [0.15, 0.2) is 66.7 Å². The Labute approximate surface area is 237 Å². The Bertz CT molecular complexity index is 1250. The maximum atomic E-state index is 13.9. The van der Waals surface area contributed by atoms with Crippen LogP contribution in [-0.4, -0.2) is 35.4 Å². The lowest BCUT2D eigenvalue weighted by molar-refractivity contribution is -0.143. The van der Waals surface area contributed by atoms with Crippen molar-refractivity contribution in [3.8, 4) is 5.75 Å². The SMILES string of the molecule is Cc1cccc(CN(C(=O)COc2cc(C)c(Cl)c(C)c2)[C@@H](Cc2ccccc2)C(=O)NC2CCCCC2)c1. The third kappa shape index (κ3) is 8.09. The summed E-state index contributed by atoms with van der Waals surface area (Å²) in [6.45, 7) is 6.01. The van der Waals surface area contributed by atoms with Crippen molar-refractivity contribution < 1.29 is 14.3 Å². The van der Waals surface area contributed by atoms with Gasteiger partial charge in [0.2, 0.25) is 5.91 Å². The molecule has 0 aromatic heterocycles. The van der Waals surface area contributed by atoms with Crippen molar-refractivity contribution in [3.63, 3.8) is 0 Å². The lowest BCUT2D eigenvalue weighted by Gasteiger charge is -2.33. The molecule has 4 rings (SSSR count). The van der Waals surface area contributed by atoms with E-state index in [4.69, 9.17) is 16.3 Å². The molecule has 0 radical (unpaired) electrons. The molecule has 1 aliphatic rings. The van der Waals surface area contributed by atoms with Gasteiger partial charge >= 0.3 is 0 Å². The van der Waals surface area contributed by atoms with Crippen LogP contribution < -0.4 is 10.1 Å². The highest BCUT2D eigenvalue weighted by atomic mass is 35.5. The molecule has 0 heterocycles. The molecule has 1 atom stereocenters. The number of ether oxygens (including phenoxy) is 1. The number of rotatable bonds is 10. The number of amides is 2. The Morgan fingerprint density at radius 1 is 0.923 bits per heavy atom. The fourth-order valence-corrected chi connectivity index (χ4v) is 5.43. The van der Waals surface area contributed by atoms with Gasteiger partial charge in [0.15, 0.2) is 6.61 Å². The van der Waals surface area contributed by atoms with Crippen molar-refractivity contribution >= 4 is 23.4 Å². The molecule has 1 fully saturated rings. The summed E-state index contributed by atoms with van der Waals surface area (Å²) in [5, 5.41) is 3.97. The van der Waals surface area contributed by atoms with E-state index in [0.29, 0.717) is 23.7 Å². The maximum absolute atomic E-state index is 13.9. The number of benzene rings is 3. The second-order valence-corrected chi connectivity index (χ2v) is 11.1. The number of aryl methyl sites for hydroxylation is 3. The minimum Gasteiger partial charge on any atom is -0.484 e. The monoisotopic (exact) mass is 546 g/mol. The third-order valence-electron chi connectivity index (χ3n) is 7.43. The van der Waals surface area contributed by atoms with Crippen LogP contribution in [0.2, 0.25) is 5.02 Å².